The number of amides is 1. The first-order valence-corrected chi connectivity index (χ1v) is 11.0. The molecule has 1 unspecified atom stereocenters. The first-order chi connectivity index (χ1) is 12.5. The average molecular weight is 394 g/mol. The van der Waals surface area contributed by atoms with Gasteiger partial charge in [-0.05, 0) is 68.7 Å². The van der Waals surface area contributed by atoms with Crippen LogP contribution in [0.15, 0.2) is 46.7 Å². The quantitative estimate of drug-likeness (QED) is 0.756. The fourth-order valence-electron chi connectivity index (χ4n) is 3.14. The van der Waals surface area contributed by atoms with Crippen LogP contribution >= 0.6 is 11.3 Å². The van der Waals surface area contributed by atoms with Crippen molar-refractivity contribution in [2.24, 2.45) is 0 Å². The van der Waals surface area contributed by atoms with E-state index in [4.69, 9.17) is 0 Å². The largest absolute Gasteiger partial charge is 0.350 e. The van der Waals surface area contributed by atoms with Gasteiger partial charge in [0.25, 0.3) is 5.91 Å². The number of sulfonamides is 1. The molecule has 26 heavy (non-hydrogen) atoms. The minimum atomic E-state index is -3.49. The normalized spacial score (nSPS) is 16.5. The maximum absolute atomic E-state index is 12.5. The Kier molecular flexibility index (Phi) is 6.08. The molecule has 0 spiro atoms. The summed E-state index contributed by atoms with van der Waals surface area (Å²) in [6, 6.07) is 10.3. The molecule has 2 N–H and O–H groups in total. The third-order valence-corrected chi connectivity index (χ3v) is 7.01. The summed E-state index contributed by atoms with van der Waals surface area (Å²) in [6.07, 6.45) is 2.38. The predicted octanol–water partition coefficient (Wildman–Crippen LogP) is 2.22. The van der Waals surface area contributed by atoms with Crippen LogP contribution in [0.2, 0.25) is 0 Å². The van der Waals surface area contributed by atoms with Gasteiger partial charge >= 0.3 is 0 Å². The van der Waals surface area contributed by atoms with Crippen LogP contribution in [0.1, 0.15) is 34.1 Å². The highest BCUT2D eigenvalue weighted by atomic mass is 32.2. The van der Waals surface area contributed by atoms with Crippen molar-refractivity contribution in [1.82, 2.24) is 14.9 Å². The minimum absolute atomic E-state index is 0.144. The molecule has 8 heteroatoms. The average Bonchev–Trinajstić information content (AvgIpc) is 3.36. The molecule has 0 bridgehead atoms. The van der Waals surface area contributed by atoms with Gasteiger partial charge in [0.2, 0.25) is 10.0 Å². The number of benzene rings is 1. The highest BCUT2D eigenvalue weighted by Crippen LogP contribution is 2.27. The molecular formula is C18H23N3O3S2. The van der Waals surface area contributed by atoms with Crippen LogP contribution in [-0.2, 0) is 10.0 Å². The number of hydrogen-bond acceptors (Lipinski definition) is 5. The van der Waals surface area contributed by atoms with E-state index in [0.29, 0.717) is 12.1 Å². The molecule has 1 aromatic heterocycles. The maximum atomic E-state index is 12.5. The number of rotatable bonds is 7. The summed E-state index contributed by atoms with van der Waals surface area (Å²) < 4.78 is 25.8. The van der Waals surface area contributed by atoms with Gasteiger partial charge < -0.3 is 5.32 Å². The molecule has 2 heterocycles. The number of thiophene rings is 1. The Morgan fingerprint density at radius 2 is 1.88 bits per heavy atom. The van der Waals surface area contributed by atoms with E-state index in [1.54, 1.807) is 11.3 Å². The van der Waals surface area contributed by atoms with Gasteiger partial charge in [-0.25, -0.2) is 13.1 Å². The lowest BCUT2D eigenvalue weighted by Gasteiger charge is -2.26. The van der Waals surface area contributed by atoms with Crippen molar-refractivity contribution in [3.63, 3.8) is 0 Å². The van der Waals surface area contributed by atoms with E-state index < -0.39 is 10.0 Å². The highest BCUT2D eigenvalue weighted by molar-refractivity contribution is 7.89. The van der Waals surface area contributed by atoms with Gasteiger partial charge in [-0.2, -0.15) is 0 Å². The molecule has 1 amide bonds. The Morgan fingerprint density at radius 3 is 2.46 bits per heavy atom. The molecule has 1 aliphatic rings. The highest BCUT2D eigenvalue weighted by Gasteiger charge is 2.24. The molecule has 1 saturated heterocycles. The molecule has 1 atom stereocenters. The predicted molar refractivity (Wildman–Crippen MR) is 103 cm³/mol. The van der Waals surface area contributed by atoms with E-state index in [0.717, 1.165) is 13.1 Å². The SMILES string of the molecule is CNS(=O)(=O)c1ccc(C(=O)NCC(c2cccs2)N2CCCC2)cc1. The number of nitrogens with one attached hydrogen (secondary N) is 2. The van der Waals surface area contributed by atoms with Crippen molar-refractivity contribution in [2.45, 2.75) is 23.8 Å². The van der Waals surface area contributed by atoms with E-state index in [2.05, 4.69) is 26.4 Å². The monoisotopic (exact) mass is 393 g/mol. The zero-order chi connectivity index (χ0) is 18.6. The summed E-state index contributed by atoms with van der Waals surface area (Å²) in [5.74, 6) is -0.195. The molecule has 0 saturated carbocycles. The topological polar surface area (TPSA) is 78.5 Å². The summed E-state index contributed by atoms with van der Waals surface area (Å²) in [5.41, 5.74) is 0.450. The zero-order valence-electron chi connectivity index (χ0n) is 14.6. The Balaban J connectivity index is 1.67. The molecular weight excluding hydrogens is 370 g/mol. The molecule has 1 aromatic carbocycles. The van der Waals surface area contributed by atoms with E-state index >= 15 is 0 Å². The van der Waals surface area contributed by atoms with Gasteiger partial charge in [0.15, 0.2) is 0 Å². The Hall–Kier alpha value is -1.74. The molecule has 0 radical (unpaired) electrons. The molecule has 1 fully saturated rings. The lowest BCUT2D eigenvalue weighted by molar-refractivity contribution is 0.0938. The van der Waals surface area contributed by atoms with Crippen molar-refractivity contribution in [3.05, 3.63) is 52.2 Å². The van der Waals surface area contributed by atoms with Crippen molar-refractivity contribution in [2.75, 3.05) is 26.7 Å². The molecule has 0 aliphatic carbocycles. The zero-order valence-corrected chi connectivity index (χ0v) is 16.3. The first-order valence-electron chi connectivity index (χ1n) is 8.60. The Labute approximate surface area is 158 Å². The number of nitrogens with zero attached hydrogens (tertiary/aromatic N) is 1. The second-order valence-corrected chi connectivity index (χ2v) is 9.08. The van der Waals surface area contributed by atoms with Gasteiger partial charge in [0.1, 0.15) is 0 Å². The van der Waals surface area contributed by atoms with Crippen LogP contribution in [0.25, 0.3) is 0 Å². The number of hydrogen-bond donors (Lipinski definition) is 2. The van der Waals surface area contributed by atoms with Crippen LogP contribution in [0, 0.1) is 0 Å². The summed E-state index contributed by atoms with van der Waals surface area (Å²) in [5, 5.41) is 5.05. The lowest BCUT2D eigenvalue weighted by atomic mass is 10.2. The summed E-state index contributed by atoms with van der Waals surface area (Å²) in [4.78, 5) is 16.3. The number of carbonyl (C=O) groups excluding carboxylic acids is 1. The number of likely N-dealkylation sites (tertiary alicyclic amines) is 1. The third kappa shape index (κ3) is 4.32. The van der Waals surface area contributed by atoms with Crippen LogP contribution < -0.4 is 10.0 Å². The molecule has 6 nitrogen and oxygen atoms in total. The van der Waals surface area contributed by atoms with Gasteiger partial charge in [-0.3, -0.25) is 9.69 Å². The van der Waals surface area contributed by atoms with E-state index in [9.17, 15) is 13.2 Å². The summed E-state index contributed by atoms with van der Waals surface area (Å²) in [7, 11) is -2.13. The standard InChI is InChI=1S/C18H23N3O3S2/c1-19-26(23,24)15-8-6-14(7-9-15)18(22)20-13-16(17-5-4-12-25-17)21-10-2-3-11-21/h4-9,12,16,19H,2-3,10-11,13H2,1H3,(H,20,22). The smallest absolute Gasteiger partial charge is 0.251 e. The van der Waals surface area contributed by atoms with E-state index in [-0.39, 0.29) is 16.8 Å². The first kappa shape index (κ1) is 19.0. The summed E-state index contributed by atoms with van der Waals surface area (Å²) in [6.45, 7) is 2.64. The number of carbonyl (C=O) groups is 1. The molecule has 3 rings (SSSR count). The van der Waals surface area contributed by atoms with E-state index in [1.807, 2.05) is 6.07 Å². The van der Waals surface area contributed by atoms with Gasteiger partial charge in [0.05, 0.1) is 10.9 Å². The van der Waals surface area contributed by atoms with Crippen molar-refractivity contribution in [3.8, 4) is 0 Å². The molecule has 1 aliphatic heterocycles. The van der Waals surface area contributed by atoms with Crippen molar-refractivity contribution >= 4 is 27.3 Å². The van der Waals surface area contributed by atoms with Crippen LogP contribution in [0.4, 0.5) is 0 Å². The second kappa shape index (κ2) is 8.30. The fraction of sp³-hybridized carbons (Fsp3) is 0.389. The Morgan fingerprint density at radius 1 is 1.19 bits per heavy atom. The van der Waals surface area contributed by atoms with Gasteiger partial charge in [-0.1, -0.05) is 6.07 Å². The maximum Gasteiger partial charge on any atom is 0.251 e. The van der Waals surface area contributed by atoms with Crippen LogP contribution in [-0.4, -0.2) is 45.9 Å². The molecule has 2 aromatic rings. The van der Waals surface area contributed by atoms with E-state index in [1.165, 1.54) is 49.0 Å². The third-order valence-electron chi connectivity index (χ3n) is 4.60. The van der Waals surface area contributed by atoms with Gasteiger partial charge in [-0.15, -0.1) is 11.3 Å². The van der Waals surface area contributed by atoms with Crippen molar-refractivity contribution in [1.29, 1.82) is 0 Å². The fourth-order valence-corrected chi connectivity index (χ4v) is 4.73. The minimum Gasteiger partial charge on any atom is -0.350 e. The van der Waals surface area contributed by atoms with Crippen LogP contribution in [0.5, 0.6) is 0 Å². The van der Waals surface area contributed by atoms with Crippen molar-refractivity contribution < 1.29 is 13.2 Å². The Bertz CT molecular complexity index is 827. The van der Waals surface area contributed by atoms with Crippen LogP contribution in [0.3, 0.4) is 0 Å². The summed E-state index contributed by atoms with van der Waals surface area (Å²) >= 11 is 1.71. The second-order valence-electron chi connectivity index (χ2n) is 6.22. The van der Waals surface area contributed by atoms with Gasteiger partial charge in [0, 0.05) is 17.0 Å². The molecule has 140 valence electrons. The lowest BCUT2D eigenvalue weighted by Crippen LogP contribution is -2.36.